The number of nitrogens with zero attached hydrogens (tertiary/aromatic N) is 2. The third-order valence-electron chi connectivity index (χ3n) is 2.29. The minimum atomic E-state index is -4.43. The maximum absolute atomic E-state index is 12.9. The third kappa shape index (κ3) is 3.52. The van der Waals surface area contributed by atoms with Gasteiger partial charge in [-0.2, -0.15) is 13.2 Å². The third-order valence-corrected chi connectivity index (χ3v) is 3.95. The first-order valence-corrected chi connectivity index (χ1v) is 7.32. The average molecular weight is 307 g/mol. The van der Waals surface area contributed by atoms with E-state index in [4.69, 9.17) is 0 Å². The van der Waals surface area contributed by atoms with Crippen LogP contribution in [0.3, 0.4) is 0 Å². The molecule has 2 rings (SSSR count). The smallest absolute Gasteiger partial charge is 0.310 e. The van der Waals surface area contributed by atoms with Crippen molar-refractivity contribution in [1.82, 2.24) is 15.3 Å². The molecule has 0 radical (unpaired) electrons. The van der Waals surface area contributed by atoms with Crippen LogP contribution in [-0.2, 0) is 12.7 Å². The Morgan fingerprint density at radius 2 is 2.11 bits per heavy atom. The lowest BCUT2D eigenvalue weighted by molar-refractivity contribution is -0.141. The Balaban J connectivity index is 2.34. The van der Waals surface area contributed by atoms with Crippen molar-refractivity contribution < 1.29 is 13.2 Å². The van der Waals surface area contributed by atoms with Gasteiger partial charge in [0.1, 0.15) is 10.7 Å². The highest BCUT2D eigenvalue weighted by molar-refractivity contribution is 7.15. The van der Waals surface area contributed by atoms with Gasteiger partial charge in [-0.3, -0.25) is 0 Å². The van der Waals surface area contributed by atoms with Gasteiger partial charge in [0.05, 0.1) is 10.4 Å². The number of halogens is 3. The molecule has 0 saturated carbocycles. The summed E-state index contributed by atoms with van der Waals surface area (Å²) in [6.07, 6.45) is -4.43. The zero-order valence-electron chi connectivity index (χ0n) is 10.3. The molecule has 0 amide bonds. The van der Waals surface area contributed by atoms with E-state index in [9.17, 15) is 13.2 Å². The van der Waals surface area contributed by atoms with E-state index in [1.165, 1.54) is 11.3 Å². The largest absolute Gasteiger partial charge is 0.434 e. The zero-order valence-corrected chi connectivity index (χ0v) is 11.9. The molecule has 0 aliphatic rings. The summed E-state index contributed by atoms with van der Waals surface area (Å²) < 4.78 is 38.8. The summed E-state index contributed by atoms with van der Waals surface area (Å²) in [7, 11) is 0. The van der Waals surface area contributed by atoms with Crippen LogP contribution in [-0.4, -0.2) is 16.0 Å². The van der Waals surface area contributed by atoms with Gasteiger partial charge in [-0.05, 0) is 0 Å². The zero-order chi connectivity index (χ0) is 14.0. The second-order valence-corrected chi connectivity index (χ2v) is 6.00. The Labute approximate surface area is 116 Å². The summed E-state index contributed by atoms with van der Waals surface area (Å²) in [5, 5.41) is 4.99. The lowest BCUT2D eigenvalue weighted by atomic mass is 10.3. The van der Waals surface area contributed by atoms with Crippen molar-refractivity contribution in [2.24, 2.45) is 0 Å². The van der Waals surface area contributed by atoms with E-state index in [2.05, 4.69) is 15.3 Å². The molecule has 0 aliphatic heterocycles. The van der Waals surface area contributed by atoms with Crippen LogP contribution in [0.25, 0.3) is 10.7 Å². The van der Waals surface area contributed by atoms with Gasteiger partial charge < -0.3 is 5.32 Å². The van der Waals surface area contributed by atoms with Crippen molar-refractivity contribution in [1.29, 1.82) is 0 Å². The predicted octanol–water partition coefficient (Wildman–Crippen LogP) is 3.78. The van der Waals surface area contributed by atoms with E-state index in [-0.39, 0.29) is 17.5 Å². The molecule has 8 heteroatoms. The molecule has 0 spiro atoms. The van der Waals surface area contributed by atoms with E-state index < -0.39 is 11.9 Å². The summed E-state index contributed by atoms with van der Waals surface area (Å²) in [5.74, 6) is 0. The van der Waals surface area contributed by atoms with Gasteiger partial charge in [0.15, 0.2) is 5.69 Å². The second-order valence-electron chi connectivity index (χ2n) is 4.20. The second kappa shape index (κ2) is 5.56. The SMILES string of the molecule is CC(C)NCc1sc(-c2cscn2)nc1C(F)(F)F. The van der Waals surface area contributed by atoms with Crippen LogP contribution in [0.2, 0.25) is 0 Å². The molecule has 2 aromatic rings. The molecule has 0 atom stereocenters. The Morgan fingerprint density at radius 3 is 2.63 bits per heavy atom. The number of nitrogens with one attached hydrogen (secondary N) is 1. The normalized spacial score (nSPS) is 12.3. The number of aromatic nitrogens is 2. The van der Waals surface area contributed by atoms with Crippen LogP contribution < -0.4 is 5.32 Å². The minimum absolute atomic E-state index is 0.117. The molecule has 0 bridgehead atoms. The summed E-state index contributed by atoms with van der Waals surface area (Å²) in [4.78, 5) is 7.89. The first-order chi connectivity index (χ1) is 8.88. The average Bonchev–Trinajstić information content (AvgIpc) is 2.94. The van der Waals surface area contributed by atoms with Crippen molar-refractivity contribution in [3.05, 3.63) is 21.5 Å². The van der Waals surface area contributed by atoms with Gasteiger partial charge in [-0.15, -0.1) is 22.7 Å². The Morgan fingerprint density at radius 1 is 1.37 bits per heavy atom. The molecular weight excluding hydrogens is 295 g/mol. The molecule has 0 unspecified atom stereocenters. The number of alkyl halides is 3. The van der Waals surface area contributed by atoms with Crippen molar-refractivity contribution in [2.75, 3.05) is 0 Å². The maximum atomic E-state index is 12.9. The molecule has 2 heterocycles. The van der Waals surface area contributed by atoms with Crippen molar-refractivity contribution >= 4 is 22.7 Å². The van der Waals surface area contributed by atoms with E-state index in [1.54, 1.807) is 10.9 Å². The minimum Gasteiger partial charge on any atom is -0.310 e. The molecule has 0 aromatic carbocycles. The molecule has 1 N–H and O–H groups in total. The van der Waals surface area contributed by atoms with Gasteiger partial charge >= 0.3 is 6.18 Å². The summed E-state index contributed by atoms with van der Waals surface area (Å²) in [6.45, 7) is 3.93. The fraction of sp³-hybridized carbons (Fsp3) is 0.455. The number of hydrogen-bond donors (Lipinski definition) is 1. The first-order valence-electron chi connectivity index (χ1n) is 5.56. The summed E-state index contributed by atoms with van der Waals surface area (Å²) in [6, 6.07) is 0.117. The fourth-order valence-corrected chi connectivity index (χ4v) is 3.03. The quantitative estimate of drug-likeness (QED) is 0.934. The van der Waals surface area contributed by atoms with Crippen LogP contribution in [0.1, 0.15) is 24.4 Å². The molecular formula is C11H12F3N3S2. The summed E-state index contributed by atoms with van der Waals surface area (Å²) in [5.41, 5.74) is 1.26. The van der Waals surface area contributed by atoms with Crippen LogP contribution in [0.4, 0.5) is 13.2 Å². The molecule has 2 aromatic heterocycles. The van der Waals surface area contributed by atoms with Crippen LogP contribution in [0.5, 0.6) is 0 Å². The standard InChI is InChI=1S/C11H12F3N3S2/c1-6(2)15-3-8-9(11(12,13)14)17-10(19-8)7-4-18-5-16-7/h4-6,15H,3H2,1-2H3. The van der Waals surface area contributed by atoms with Crippen LogP contribution >= 0.6 is 22.7 Å². The predicted molar refractivity (Wildman–Crippen MR) is 70.2 cm³/mol. The highest BCUT2D eigenvalue weighted by Gasteiger charge is 2.37. The molecule has 0 fully saturated rings. The lowest BCUT2D eigenvalue weighted by Crippen LogP contribution is -2.23. The van der Waals surface area contributed by atoms with Gasteiger partial charge in [0.25, 0.3) is 0 Å². The molecule has 3 nitrogen and oxygen atoms in total. The highest BCUT2D eigenvalue weighted by atomic mass is 32.1. The Bertz CT molecular complexity index is 532. The first kappa shape index (κ1) is 14.4. The van der Waals surface area contributed by atoms with Crippen molar-refractivity contribution in [3.8, 4) is 10.7 Å². The van der Waals surface area contributed by atoms with Gasteiger partial charge in [0, 0.05) is 18.0 Å². The van der Waals surface area contributed by atoms with E-state index in [1.807, 2.05) is 13.8 Å². The van der Waals surface area contributed by atoms with Crippen LogP contribution in [0, 0.1) is 0 Å². The summed E-state index contributed by atoms with van der Waals surface area (Å²) >= 11 is 2.37. The highest BCUT2D eigenvalue weighted by Crippen LogP contribution is 2.37. The lowest BCUT2D eigenvalue weighted by Gasteiger charge is -2.09. The van der Waals surface area contributed by atoms with Crippen LogP contribution in [0.15, 0.2) is 10.9 Å². The molecule has 0 aliphatic carbocycles. The Kier molecular flexibility index (Phi) is 4.22. The number of hydrogen-bond acceptors (Lipinski definition) is 5. The molecule has 104 valence electrons. The fourth-order valence-electron chi connectivity index (χ4n) is 1.42. The Hall–Kier alpha value is -0.990. The van der Waals surface area contributed by atoms with Gasteiger partial charge in [-0.25, -0.2) is 9.97 Å². The van der Waals surface area contributed by atoms with Crippen molar-refractivity contribution in [3.63, 3.8) is 0 Å². The monoisotopic (exact) mass is 307 g/mol. The maximum Gasteiger partial charge on any atom is 0.434 e. The molecule has 19 heavy (non-hydrogen) atoms. The van der Waals surface area contributed by atoms with Crippen molar-refractivity contribution in [2.45, 2.75) is 32.6 Å². The van der Waals surface area contributed by atoms with Gasteiger partial charge in [-0.1, -0.05) is 13.8 Å². The van der Waals surface area contributed by atoms with E-state index >= 15 is 0 Å². The molecule has 0 saturated heterocycles. The van der Waals surface area contributed by atoms with E-state index in [0.29, 0.717) is 10.7 Å². The number of rotatable bonds is 4. The van der Waals surface area contributed by atoms with E-state index in [0.717, 1.165) is 11.3 Å². The van der Waals surface area contributed by atoms with Gasteiger partial charge in [0.2, 0.25) is 0 Å². The number of thiazole rings is 2. The topological polar surface area (TPSA) is 37.8 Å².